The van der Waals surface area contributed by atoms with Gasteiger partial charge in [-0.2, -0.15) is 0 Å². The Morgan fingerprint density at radius 1 is 1.31 bits per heavy atom. The average Bonchev–Trinajstić information content (AvgIpc) is 2.47. The molecule has 0 saturated carbocycles. The molecule has 0 bridgehead atoms. The van der Waals surface area contributed by atoms with Gasteiger partial charge in [0.05, 0.1) is 0 Å². The van der Waals surface area contributed by atoms with Gasteiger partial charge in [-0.3, -0.25) is 0 Å². The summed E-state index contributed by atoms with van der Waals surface area (Å²) in [4.78, 5) is 0. The molecule has 1 atom stereocenters. The van der Waals surface area contributed by atoms with Gasteiger partial charge in [-0.1, -0.05) is 44.1 Å². The fourth-order valence-electron chi connectivity index (χ4n) is 1.49. The summed E-state index contributed by atoms with van der Waals surface area (Å²) in [5, 5.41) is 0. The van der Waals surface area contributed by atoms with Crippen molar-refractivity contribution in [1.29, 1.82) is 0 Å². The molecule has 1 unspecified atom stereocenters. The van der Waals surface area contributed by atoms with E-state index in [1.807, 2.05) is 0 Å². The van der Waals surface area contributed by atoms with Gasteiger partial charge in [0.15, 0.2) is 0 Å². The van der Waals surface area contributed by atoms with E-state index < -0.39 is 20.8 Å². The quantitative estimate of drug-likeness (QED) is 0.694. The Morgan fingerprint density at radius 2 is 1.85 bits per heavy atom. The van der Waals surface area contributed by atoms with Crippen LogP contribution in [0, 0.1) is 5.92 Å². The minimum absolute atomic E-state index is 0.708. The molecule has 1 rings (SSSR count). The zero-order valence-corrected chi connectivity index (χ0v) is 12.4. The summed E-state index contributed by atoms with van der Waals surface area (Å²) in [5.74, 6) is 0.708. The van der Waals surface area contributed by atoms with Crippen LogP contribution in [0.25, 0.3) is 0 Å². The van der Waals surface area contributed by atoms with Crippen molar-refractivity contribution in [3.05, 3.63) is 23.3 Å². The number of halogens is 2. The Labute approximate surface area is 100 Å². The summed E-state index contributed by atoms with van der Waals surface area (Å²) in [6.45, 7) is 6.72. The van der Waals surface area contributed by atoms with Crippen LogP contribution in [0.3, 0.4) is 0 Å². The molecule has 74 valence electrons. The number of hydrogen-bond donors (Lipinski definition) is 0. The molecule has 0 saturated heterocycles. The molecule has 0 aromatic rings. The molecule has 0 aromatic carbocycles. The first-order valence-electron chi connectivity index (χ1n) is 4.56. The maximum absolute atomic E-state index is 4.93. The molecule has 0 radical (unpaired) electrons. The summed E-state index contributed by atoms with van der Waals surface area (Å²) in [6, 6.07) is 0. The first-order valence-corrected chi connectivity index (χ1v) is 10.9. The second-order valence-electron chi connectivity index (χ2n) is 3.03. The Morgan fingerprint density at radius 3 is 2.08 bits per heavy atom. The zero-order chi connectivity index (χ0) is 10.3. The predicted octanol–water partition coefficient (Wildman–Crippen LogP) is 4.69. The number of allylic oxidation sites excluding steroid dienone is 4. The van der Waals surface area contributed by atoms with E-state index in [1.54, 1.807) is 5.57 Å². The van der Waals surface area contributed by atoms with E-state index in [2.05, 4.69) is 32.9 Å². The van der Waals surface area contributed by atoms with E-state index in [0.29, 0.717) is 5.92 Å². The first-order chi connectivity index (χ1) is 6.19. The number of rotatable bonds is 2. The van der Waals surface area contributed by atoms with Crippen molar-refractivity contribution in [2.24, 2.45) is 5.92 Å². The third-order valence-corrected chi connectivity index (χ3v) is 2.24. The van der Waals surface area contributed by atoms with Crippen LogP contribution in [0.1, 0.15) is 33.6 Å². The minimum atomic E-state index is -0.826. The normalized spacial score (nSPS) is 19.9. The second kappa shape index (κ2) is 8.27. The third kappa shape index (κ3) is 5.40. The van der Waals surface area contributed by atoms with Crippen LogP contribution in [0.15, 0.2) is 23.3 Å². The Bertz CT molecular complexity index is 197. The van der Waals surface area contributed by atoms with Crippen LogP contribution in [0.2, 0.25) is 0 Å². The van der Waals surface area contributed by atoms with Gasteiger partial charge in [0.1, 0.15) is 0 Å². The Hall–Kier alpha value is 0.943. The van der Waals surface area contributed by atoms with E-state index >= 15 is 0 Å². The van der Waals surface area contributed by atoms with Crippen molar-refractivity contribution < 1.29 is 20.8 Å². The van der Waals surface area contributed by atoms with Gasteiger partial charge >= 0.3 is 37.9 Å². The van der Waals surface area contributed by atoms with Crippen LogP contribution in [-0.4, -0.2) is 0 Å². The van der Waals surface area contributed by atoms with Gasteiger partial charge in [-0.15, -0.1) is 0 Å². The van der Waals surface area contributed by atoms with E-state index in [0.717, 1.165) is 0 Å². The van der Waals surface area contributed by atoms with Gasteiger partial charge in [0, 0.05) is 0 Å². The molecule has 0 aliphatic heterocycles. The van der Waals surface area contributed by atoms with Crippen LogP contribution in [0.4, 0.5) is 0 Å². The number of hydrogen-bond acceptors (Lipinski definition) is 0. The second-order valence-corrected chi connectivity index (χ2v) is 6.76. The van der Waals surface area contributed by atoms with Gasteiger partial charge in [0.2, 0.25) is 0 Å². The van der Waals surface area contributed by atoms with Gasteiger partial charge in [-0.05, 0) is 18.8 Å². The standard InChI is InChI=1S/C10H16.2ClH.Zr/c1-4-9-6-8(3)10(5-2)7-9;;;/h6-8H,4-5H2,1-3H3;2*1H;/q;;;+2/p-2. The van der Waals surface area contributed by atoms with Crippen molar-refractivity contribution in [2.45, 2.75) is 33.6 Å². The summed E-state index contributed by atoms with van der Waals surface area (Å²) in [5.41, 5.74) is 3.11. The van der Waals surface area contributed by atoms with Crippen molar-refractivity contribution >= 4 is 17.0 Å². The van der Waals surface area contributed by atoms with Gasteiger partial charge in [0.25, 0.3) is 0 Å². The molecule has 0 heterocycles. The molecule has 0 aromatic heterocycles. The monoisotopic (exact) mass is 296 g/mol. The van der Waals surface area contributed by atoms with E-state index in [9.17, 15) is 0 Å². The topological polar surface area (TPSA) is 0 Å². The molecule has 0 amide bonds. The van der Waals surface area contributed by atoms with E-state index in [1.165, 1.54) is 18.4 Å². The molecular weight excluding hydrogens is 282 g/mol. The summed E-state index contributed by atoms with van der Waals surface area (Å²) >= 11 is -0.826. The van der Waals surface area contributed by atoms with Crippen molar-refractivity contribution in [2.75, 3.05) is 0 Å². The molecule has 0 nitrogen and oxygen atoms in total. The Kier molecular flexibility index (Phi) is 8.87. The zero-order valence-electron chi connectivity index (χ0n) is 8.40. The summed E-state index contributed by atoms with van der Waals surface area (Å²) in [6.07, 6.45) is 7.12. The van der Waals surface area contributed by atoms with Crippen LogP contribution in [0.5, 0.6) is 0 Å². The van der Waals surface area contributed by atoms with Crippen LogP contribution < -0.4 is 0 Å². The van der Waals surface area contributed by atoms with Gasteiger partial charge < -0.3 is 0 Å². The molecular formula is C10H16Cl2Zr. The maximum atomic E-state index is 4.93. The fraction of sp³-hybridized carbons (Fsp3) is 0.600. The third-order valence-electron chi connectivity index (χ3n) is 2.24. The Balaban J connectivity index is 0.000000424. The van der Waals surface area contributed by atoms with Crippen molar-refractivity contribution in [3.8, 4) is 0 Å². The molecule has 3 heteroatoms. The molecule has 0 fully saturated rings. The molecule has 1 aliphatic carbocycles. The molecule has 0 spiro atoms. The molecule has 13 heavy (non-hydrogen) atoms. The van der Waals surface area contributed by atoms with Crippen LogP contribution in [-0.2, 0) is 20.8 Å². The van der Waals surface area contributed by atoms with Crippen molar-refractivity contribution in [1.82, 2.24) is 0 Å². The molecule has 0 N–H and O–H groups in total. The van der Waals surface area contributed by atoms with E-state index in [-0.39, 0.29) is 0 Å². The van der Waals surface area contributed by atoms with Crippen molar-refractivity contribution in [3.63, 3.8) is 0 Å². The predicted molar refractivity (Wildman–Crippen MR) is 57.6 cm³/mol. The van der Waals surface area contributed by atoms with E-state index in [4.69, 9.17) is 17.0 Å². The fourth-order valence-corrected chi connectivity index (χ4v) is 1.49. The average molecular weight is 298 g/mol. The SMILES string of the molecule is CCC1=CC(C)C(CC)=C1.[Cl][Zr][Cl]. The van der Waals surface area contributed by atoms with Crippen LogP contribution >= 0.6 is 17.0 Å². The van der Waals surface area contributed by atoms with Gasteiger partial charge in [-0.25, -0.2) is 0 Å². The first kappa shape index (κ1) is 13.9. The summed E-state index contributed by atoms with van der Waals surface area (Å²) < 4.78 is 0. The summed E-state index contributed by atoms with van der Waals surface area (Å²) in [7, 11) is 9.87. The molecule has 1 aliphatic rings.